The van der Waals surface area contributed by atoms with E-state index < -0.39 is 23.6 Å². The third kappa shape index (κ3) is 9.40. The van der Waals surface area contributed by atoms with Crippen LogP contribution in [0.15, 0.2) is 36.1 Å². The van der Waals surface area contributed by atoms with Crippen LogP contribution in [0.25, 0.3) is 0 Å². The van der Waals surface area contributed by atoms with Crippen molar-refractivity contribution in [1.29, 1.82) is 0 Å². The van der Waals surface area contributed by atoms with Crippen molar-refractivity contribution < 1.29 is 24.2 Å². The summed E-state index contributed by atoms with van der Waals surface area (Å²) >= 11 is 0. The molecule has 174 valence electrons. The lowest BCUT2D eigenvalue weighted by molar-refractivity contribution is -0.146. The minimum absolute atomic E-state index is 0.121. The van der Waals surface area contributed by atoms with Gasteiger partial charge in [0.15, 0.2) is 0 Å². The Morgan fingerprint density at radius 3 is 2.65 bits per heavy atom. The number of aliphatic hydroxyl groups excluding tert-OH is 1. The lowest BCUT2D eigenvalue weighted by Gasteiger charge is -2.17. The molecule has 2 rings (SSSR count). The summed E-state index contributed by atoms with van der Waals surface area (Å²) in [5.41, 5.74) is -0.535. The Balaban J connectivity index is 1.56. The quantitative estimate of drug-likeness (QED) is 0.172. The number of amides is 1. The predicted octanol–water partition coefficient (Wildman–Crippen LogP) is 4.48. The Kier molecular flexibility index (Phi) is 10.5. The van der Waals surface area contributed by atoms with E-state index in [4.69, 9.17) is 9.47 Å². The molecule has 2 heterocycles. The Morgan fingerprint density at radius 2 is 1.94 bits per heavy atom. The summed E-state index contributed by atoms with van der Waals surface area (Å²) in [7, 11) is 0. The van der Waals surface area contributed by atoms with Crippen molar-refractivity contribution in [2.24, 2.45) is 0 Å². The van der Waals surface area contributed by atoms with Gasteiger partial charge in [-0.1, -0.05) is 76.7 Å². The molecule has 0 aliphatic carbocycles. The lowest BCUT2D eigenvalue weighted by atomic mass is 10.0. The highest BCUT2D eigenvalue weighted by molar-refractivity contribution is 5.96. The highest BCUT2D eigenvalue weighted by atomic mass is 16.6. The predicted molar refractivity (Wildman–Crippen MR) is 121 cm³/mol. The van der Waals surface area contributed by atoms with Crippen molar-refractivity contribution in [1.82, 2.24) is 5.32 Å². The highest BCUT2D eigenvalue weighted by Gasteiger charge is 2.36. The van der Waals surface area contributed by atoms with E-state index in [0.717, 1.165) is 12.8 Å². The molecule has 0 unspecified atom stereocenters. The smallest absolute Gasteiger partial charge is 0.355 e. The SMILES string of the molecule is CCCCCCCC[C@H]1O[C@@H]1C/C=C/C=C\[C@H](O)CC(=O)NC1=C[C@](C)(CC)OC1=O. The van der Waals surface area contributed by atoms with E-state index in [1.165, 1.54) is 38.5 Å². The molecule has 0 aromatic rings. The fourth-order valence-electron chi connectivity index (χ4n) is 3.63. The molecule has 2 N–H and O–H groups in total. The number of esters is 1. The third-order valence-corrected chi connectivity index (χ3v) is 5.84. The average Bonchev–Trinajstić information content (AvgIpc) is 3.40. The molecule has 6 nitrogen and oxygen atoms in total. The second-order valence-corrected chi connectivity index (χ2v) is 8.75. The molecular formula is C25H39NO5. The molecule has 2 aliphatic rings. The summed E-state index contributed by atoms with van der Waals surface area (Å²) in [5.74, 6) is -0.962. The lowest BCUT2D eigenvalue weighted by Crippen LogP contribution is -2.28. The summed E-state index contributed by atoms with van der Waals surface area (Å²) < 4.78 is 10.9. The minimum atomic E-state index is -0.919. The first kappa shape index (κ1) is 25.3. The maximum Gasteiger partial charge on any atom is 0.355 e. The zero-order chi connectivity index (χ0) is 22.7. The number of hydrogen-bond acceptors (Lipinski definition) is 5. The first-order valence-corrected chi connectivity index (χ1v) is 11.8. The van der Waals surface area contributed by atoms with Crippen LogP contribution in [0.4, 0.5) is 0 Å². The molecule has 2 aliphatic heterocycles. The van der Waals surface area contributed by atoms with Crippen molar-refractivity contribution in [3.63, 3.8) is 0 Å². The van der Waals surface area contributed by atoms with Crippen molar-refractivity contribution >= 4 is 11.9 Å². The maximum atomic E-state index is 12.0. The van der Waals surface area contributed by atoms with E-state index in [0.29, 0.717) is 18.6 Å². The zero-order valence-corrected chi connectivity index (χ0v) is 19.3. The minimum Gasteiger partial charge on any atom is -0.450 e. The van der Waals surface area contributed by atoms with Crippen LogP contribution < -0.4 is 5.32 Å². The average molecular weight is 434 g/mol. The highest BCUT2D eigenvalue weighted by Crippen LogP contribution is 2.30. The molecule has 0 radical (unpaired) electrons. The first-order chi connectivity index (χ1) is 14.9. The van der Waals surface area contributed by atoms with Crippen LogP contribution >= 0.6 is 0 Å². The van der Waals surface area contributed by atoms with E-state index in [1.807, 2.05) is 19.1 Å². The van der Waals surface area contributed by atoms with Gasteiger partial charge in [0.1, 0.15) is 11.3 Å². The fourth-order valence-corrected chi connectivity index (χ4v) is 3.63. The van der Waals surface area contributed by atoms with Gasteiger partial charge < -0.3 is 19.9 Å². The first-order valence-electron chi connectivity index (χ1n) is 11.8. The number of rotatable bonds is 15. The number of aliphatic hydroxyl groups is 1. The Hall–Kier alpha value is -1.92. The number of allylic oxidation sites excluding steroid dienone is 2. The molecule has 1 fully saturated rings. The van der Waals surface area contributed by atoms with Crippen molar-refractivity contribution in [2.45, 2.75) is 109 Å². The molecule has 6 heteroatoms. The van der Waals surface area contributed by atoms with Crippen LogP contribution in [0.2, 0.25) is 0 Å². The van der Waals surface area contributed by atoms with Crippen LogP contribution in [-0.4, -0.2) is 40.9 Å². The monoisotopic (exact) mass is 433 g/mol. The van der Waals surface area contributed by atoms with E-state index >= 15 is 0 Å². The van der Waals surface area contributed by atoms with Crippen LogP contribution in [-0.2, 0) is 19.1 Å². The Morgan fingerprint density at radius 1 is 1.19 bits per heavy atom. The number of cyclic esters (lactones) is 1. The van der Waals surface area contributed by atoms with Crippen LogP contribution in [0.3, 0.4) is 0 Å². The summed E-state index contributed by atoms with van der Waals surface area (Å²) in [6.07, 6.45) is 19.0. The molecule has 0 aromatic heterocycles. The Bertz CT molecular complexity index is 683. The van der Waals surface area contributed by atoms with Gasteiger partial charge in [-0.2, -0.15) is 0 Å². The molecule has 31 heavy (non-hydrogen) atoms. The van der Waals surface area contributed by atoms with E-state index in [2.05, 4.69) is 12.2 Å². The molecule has 0 bridgehead atoms. The molecular weight excluding hydrogens is 394 g/mol. The summed E-state index contributed by atoms with van der Waals surface area (Å²) in [6, 6.07) is 0. The summed E-state index contributed by atoms with van der Waals surface area (Å²) in [4.78, 5) is 23.9. The van der Waals surface area contributed by atoms with Gasteiger partial charge in [-0.15, -0.1) is 0 Å². The van der Waals surface area contributed by atoms with Gasteiger partial charge in [-0.05, 0) is 32.3 Å². The van der Waals surface area contributed by atoms with Gasteiger partial charge in [0.2, 0.25) is 5.91 Å². The molecule has 1 saturated heterocycles. The normalized spacial score (nSPS) is 26.3. The van der Waals surface area contributed by atoms with E-state index in [-0.39, 0.29) is 12.1 Å². The molecule has 0 saturated carbocycles. The van der Waals surface area contributed by atoms with Crippen LogP contribution in [0, 0.1) is 0 Å². The molecule has 0 aromatic carbocycles. The van der Waals surface area contributed by atoms with E-state index in [9.17, 15) is 14.7 Å². The standard InChI is InChI=1S/C25H39NO5/c1-4-6-7-8-9-12-15-21-22(30-21)16-13-10-11-14-19(27)17-23(28)26-20-18-25(3,5-2)31-24(20)29/h10-11,13-14,18-19,21-22,27H,4-9,12,15-17H2,1-3H3,(H,26,28)/b13-10+,14-11-/t19-,21+,22+,25-/m0/s1. The number of ether oxygens (including phenoxy) is 2. The third-order valence-electron chi connectivity index (χ3n) is 5.84. The summed E-state index contributed by atoms with van der Waals surface area (Å²) in [5, 5.41) is 12.5. The van der Waals surface area contributed by atoms with Crippen LogP contribution in [0.5, 0.6) is 0 Å². The number of carbonyl (C=O) groups is 2. The van der Waals surface area contributed by atoms with Crippen molar-refractivity contribution in [3.05, 3.63) is 36.1 Å². The van der Waals surface area contributed by atoms with Crippen LogP contribution in [0.1, 0.15) is 85.0 Å². The fraction of sp³-hybridized carbons (Fsp3) is 0.680. The maximum absolute atomic E-state index is 12.0. The zero-order valence-electron chi connectivity index (χ0n) is 19.3. The van der Waals surface area contributed by atoms with Crippen molar-refractivity contribution in [2.75, 3.05) is 0 Å². The summed E-state index contributed by atoms with van der Waals surface area (Å²) in [6.45, 7) is 5.93. The van der Waals surface area contributed by atoms with Crippen molar-refractivity contribution in [3.8, 4) is 0 Å². The topological polar surface area (TPSA) is 88.2 Å². The van der Waals surface area contributed by atoms with Gasteiger partial charge >= 0.3 is 5.97 Å². The van der Waals surface area contributed by atoms with Gasteiger partial charge in [0.05, 0.1) is 24.7 Å². The van der Waals surface area contributed by atoms with Gasteiger partial charge in [0, 0.05) is 0 Å². The Labute approximate surface area is 186 Å². The number of unbranched alkanes of at least 4 members (excludes halogenated alkanes) is 5. The van der Waals surface area contributed by atoms with E-state index in [1.54, 1.807) is 25.2 Å². The van der Waals surface area contributed by atoms with Gasteiger partial charge in [-0.3, -0.25) is 4.79 Å². The second-order valence-electron chi connectivity index (χ2n) is 8.75. The molecule has 0 spiro atoms. The molecule has 4 atom stereocenters. The van der Waals surface area contributed by atoms with Gasteiger partial charge in [0.25, 0.3) is 0 Å². The molecule has 1 amide bonds. The van der Waals surface area contributed by atoms with Gasteiger partial charge in [-0.25, -0.2) is 4.79 Å². The number of epoxide rings is 1. The number of hydrogen-bond donors (Lipinski definition) is 2. The number of carbonyl (C=O) groups excluding carboxylic acids is 2. The largest absolute Gasteiger partial charge is 0.450 e. The number of nitrogens with one attached hydrogen (secondary N) is 1. The second kappa shape index (κ2) is 12.8.